The zero-order valence-corrected chi connectivity index (χ0v) is 17.4. The molecule has 158 valence electrons. The van der Waals surface area contributed by atoms with E-state index in [-0.39, 0.29) is 30.3 Å². The number of nitrogens with zero attached hydrogens (tertiary/aromatic N) is 3. The first kappa shape index (κ1) is 19.3. The quantitative estimate of drug-likeness (QED) is 0.682. The molecule has 0 aliphatic carbocycles. The Morgan fingerprint density at radius 3 is 2.74 bits per heavy atom. The summed E-state index contributed by atoms with van der Waals surface area (Å²) in [6.07, 6.45) is 0.823. The molecule has 5 rings (SSSR count). The molecule has 2 N–H and O–H groups in total. The lowest BCUT2D eigenvalue weighted by Crippen LogP contribution is -2.63. The van der Waals surface area contributed by atoms with Gasteiger partial charge in [-0.05, 0) is 44.5 Å². The lowest BCUT2D eigenvalue weighted by Gasteiger charge is -2.48. The van der Waals surface area contributed by atoms with E-state index in [9.17, 15) is 14.4 Å². The van der Waals surface area contributed by atoms with E-state index < -0.39 is 5.66 Å². The molecule has 31 heavy (non-hydrogen) atoms. The number of imidazole rings is 1. The Morgan fingerprint density at radius 1 is 1.19 bits per heavy atom. The first-order valence-corrected chi connectivity index (χ1v) is 10.4. The van der Waals surface area contributed by atoms with Gasteiger partial charge in [0.15, 0.2) is 0 Å². The van der Waals surface area contributed by atoms with Gasteiger partial charge in [-0.2, -0.15) is 0 Å². The predicted molar refractivity (Wildman–Crippen MR) is 115 cm³/mol. The van der Waals surface area contributed by atoms with Gasteiger partial charge in [0.05, 0.1) is 28.3 Å². The second-order valence-electron chi connectivity index (χ2n) is 8.28. The maximum absolute atomic E-state index is 13.3. The highest BCUT2D eigenvalue weighted by molar-refractivity contribution is 6.11. The third kappa shape index (κ3) is 2.98. The van der Waals surface area contributed by atoms with Crippen LogP contribution in [-0.4, -0.2) is 44.8 Å². The zero-order valence-electron chi connectivity index (χ0n) is 17.4. The average molecular weight is 417 g/mol. The van der Waals surface area contributed by atoms with Gasteiger partial charge in [-0.25, -0.2) is 4.98 Å². The van der Waals surface area contributed by atoms with Gasteiger partial charge in [0.25, 0.3) is 5.91 Å². The van der Waals surface area contributed by atoms with E-state index in [1.54, 1.807) is 23.1 Å². The summed E-state index contributed by atoms with van der Waals surface area (Å²) in [4.78, 5) is 49.8. The number of carbonyl (C=O) groups excluding carboxylic acids is 3. The smallest absolute Gasteiger partial charge is 0.258 e. The van der Waals surface area contributed by atoms with Gasteiger partial charge in [0.1, 0.15) is 18.0 Å². The minimum absolute atomic E-state index is 0.0384. The number of nitrogens with one attached hydrogen (secondary N) is 2. The molecular formula is C23H23N5O3. The summed E-state index contributed by atoms with van der Waals surface area (Å²) in [5, 5.41) is 2.93. The summed E-state index contributed by atoms with van der Waals surface area (Å²) in [5.74, 6) is 0.0639. The summed E-state index contributed by atoms with van der Waals surface area (Å²) in [5.41, 5.74) is 1.92. The van der Waals surface area contributed by atoms with Crippen LogP contribution in [0, 0.1) is 0 Å². The molecule has 2 aromatic carbocycles. The molecule has 2 atom stereocenters. The summed E-state index contributed by atoms with van der Waals surface area (Å²) in [6.45, 7) is 3.55. The van der Waals surface area contributed by atoms with Crippen LogP contribution in [0.3, 0.4) is 0 Å². The minimum Gasteiger partial charge on any atom is -0.345 e. The number of H-pyrrole nitrogens is 1. The van der Waals surface area contributed by atoms with Crippen molar-refractivity contribution in [3.8, 4) is 0 Å². The molecular weight excluding hydrogens is 394 g/mol. The number of hydrogen-bond donors (Lipinski definition) is 2. The Morgan fingerprint density at radius 2 is 1.94 bits per heavy atom. The van der Waals surface area contributed by atoms with Crippen molar-refractivity contribution in [3.63, 3.8) is 0 Å². The molecule has 0 unspecified atom stereocenters. The fraction of sp³-hybridized carbons (Fsp3) is 0.304. The van der Waals surface area contributed by atoms with Gasteiger partial charge >= 0.3 is 0 Å². The van der Waals surface area contributed by atoms with E-state index in [1.807, 2.05) is 44.2 Å². The number of aromatic amines is 1. The molecule has 1 fully saturated rings. The van der Waals surface area contributed by atoms with Crippen molar-refractivity contribution in [2.45, 2.75) is 38.4 Å². The lowest BCUT2D eigenvalue weighted by atomic mass is 9.98. The van der Waals surface area contributed by atoms with Crippen molar-refractivity contribution in [2.24, 2.45) is 0 Å². The standard InChI is InChI=1S/C23H23N5O3/c1-14(21-25-16-8-4-5-9-17(16)26-21)24-19(29)13-27-22(31)15-7-3-6-10-18(15)28-20(30)11-12-23(27,28)2/h3-10,14H,11-13H2,1-2H3,(H,24,29)(H,25,26)/t14-,23+/m1/s1. The van der Waals surface area contributed by atoms with Crippen LogP contribution < -0.4 is 10.2 Å². The van der Waals surface area contributed by atoms with E-state index >= 15 is 0 Å². The largest absolute Gasteiger partial charge is 0.345 e. The highest BCUT2D eigenvalue weighted by Gasteiger charge is 2.53. The number of fused-ring (bicyclic) bond motifs is 4. The van der Waals surface area contributed by atoms with Crippen LogP contribution in [-0.2, 0) is 9.59 Å². The Kier molecular flexibility index (Phi) is 4.32. The molecule has 2 aliphatic heterocycles. The second-order valence-corrected chi connectivity index (χ2v) is 8.28. The van der Waals surface area contributed by atoms with Crippen LogP contribution in [0.5, 0.6) is 0 Å². The summed E-state index contributed by atoms with van der Waals surface area (Å²) in [7, 11) is 0. The fourth-order valence-electron chi connectivity index (χ4n) is 4.62. The van der Waals surface area contributed by atoms with Crippen LogP contribution in [0.4, 0.5) is 5.69 Å². The van der Waals surface area contributed by atoms with Crippen LogP contribution >= 0.6 is 0 Å². The minimum atomic E-state index is -0.859. The van der Waals surface area contributed by atoms with Crippen LogP contribution in [0.25, 0.3) is 11.0 Å². The highest BCUT2D eigenvalue weighted by Crippen LogP contribution is 2.43. The monoisotopic (exact) mass is 417 g/mol. The zero-order chi connectivity index (χ0) is 21.8. The molecule has 0 saturated carbocycles. The van der Waals surface area contributed by atoms with Crippen molar-refractivity contribution in [1.82, 2.24) is 20.2 Å². The van der Waals surface area contributed by atoms with E-state index in [1.165, 1.54) is 4.90 Å². The van der Waals surface area contributed by atoms with E-state index in [2.05, 4.69) is 15.3 Å². The fourth-order valence-corrected chi connectivity index (χ4v) is 4.62. The molecule has 8 heteroatoms. The van der Waals surface area contributed by atoms with Gasteiger partial charge in [-0.3, -0.25) is 19.3 Å². The SMILES string of the molecule is C[C@@H](NC(=O)CN1C(=O)c2ccccc2N2C(=O)CC[C@@]12C)c1nc2ccccc2[nH]1. The number of amides is 3. The molecule has 3 aromatic rings. The van der Waals surface area contributed by atoms with Gasteiger partial charge in [0.2, 0.25) is 11.8 Å². The van der Waals surface area contributed by atoms with Gasteiger partial charge in [0, 0.05) is 6.42 Å². The molecule has 8 nitrogen and oxygen atoms in total. The van der Waals surface area contributed by atoms with Crippen LogP contribution in [0.15, 0.2) is 48.5 Å². The number of anilines is 1. The Balaban J connectivity index is 1.39. The van der Waals surface area contributed by atoms with Crippen LogP contribution in [0.1, 0.15) is 48.9 Å². The maximum atomic E-state index is 13.3. The van der Waals surface area contributed by atoms with Gasteiger partial charge in [-0.1, -0.05) is 24.3 Å². The van der Waals surface area contributed by atoms with Crippen LogP contribution in [0.2, 0.25) is 0 Å². The third-order valence-corrected chi connectivity index (χ3v) is 6.24. The normalized spacial score (nSPS) is 21.2. The number of aromatic nitrogens is 2. The molecule has 3 amide bonds. The highest BCUT2D eigenvalue weighted by atomic mass is 16.2. The molecule has 0 radical (unpaired) electrons. The lowest BCUT2D eigenvalue weighted by molar-refractivity contribution is -0.124. The second kappa shape index (κ2) is 6.94. The van der Waals surface area contributed by atoms with Crippen molar-refractivity contribution in [2.75, 3.05) is 11.4 Å². The molecule has 0 bridgehead atoms. The Bertz CT molecular complexity index is 1190. The molecule has 2 aliphatic rings. The molecule has 0 spiro atoms. The summed E-state index contributed by atoms with van der Waals surface area (Å²) < 4.78 is 0. The van der Waals surface area contributed by atoms with Crippen molar-refractivity contribution in [1.29, 1.82) is 0 Å². The number of rotatable bonds is 4. The molecule has 1 saturated heterocycles. The predicted octanol–water partition coefficient (Wildman–Crippen LogP) is 2.74. The number of hydrogen-bond acceptors (Lipinski definition) is 4. The maximum Gasteiger partial charge on any atom is 0.258 e. The number of carbonyl (C=O) groups is 3. The average Bonchev–Trinajstić information content (AvgIpc) is 3.33. The van der Waals surface area contributed by atoms with Crippen molar-refractivity contribution in [3.05, 3.63) is 59.9 Å². The van der Waals surface area contributed by atoms with Gasteiger partial charge in [-0.15, -0.1) is 0 Å². The summed E-state index contributed by atoms with van der Waals surface area (Å²) in [6, 6.07) is 14.4. The van der Waals surface area contributed by atoms with Crippen molar-refractivity contribution < 1.29 is 14.4 Å². The van der Waals surface area contributed by atoms with Gasteiger partial charge < -0.3 is 15.2 Å². The number of para-hydroxylation sites is 3. The van der Waals surface area contributed by atoms with E-state index in [0.29, 0.717) is 29.9 Å². The summed E-state index contributed by atoms with van der Waals surface area (Å²) >= 11 is 0. The third-order valence-electron chi connectivity index (χ3n) is 6.24. The molecule has 1 aromatic heterocycles. The first-order valence-electron chi connectivity index (χ1n) is 10.4. The van der Waals surface area contributed by atoms with E-state index in [0.717, 1.165) is 11.0 Å². The Labute approximate surface area is 179 Å². The Hall–Kier alpha value is -3.68. The number of benzene rings is 2. The van der Waals surface area contributed by atoms with Crippen molar-refractivity contribution >= 4 is 34.4 Å². The van der Waals surface area contributed by atoms with E-state index in [4.69, 9.17) is 0 Å². The first-order chi connectivity index (χ1) is 14.9. The topological polar surface area (TPSA) is 98.4 Å². The molecule has 3 heterocycles.